The topological polar surface area (TPSA) is 35.0 Å². The van der Waals surface area contributed by atoms with E-state index in [1.807, 2.05) is 54.6 Å². The van der Waals surface area contributed by atoms with E-state index in [4.69, 9.17) is 21.3 Å². The van der Waals surface area contributed by atoms with Gasteiger partial charge in [-0.25, -0.2) is 9.97 Å². The highest BCUT2D eigenvalue weighted by atomic mass is 79.9. The molecular weight excluding hydrogens is 400 g/mol. The summed E-state index contributed by atoms with van der Waals surface area (Å²) in [7, 11) is 0. The van der Waals surface area contributed by atoms with Gasteiger partial charge in [-0.2, -0.15) is 0 Å². The van der Waals surface area contributed by atoms with Gasteiger partial charge in [0, 0.05) is 11.5 Å². The zero-order valence-corrected chi connectivity index (χ0v) is 15.8. The van der Waals surface area contributed by atoms with Gasteiger partial charge in [0.2, 0.25) is 0 Å². The standard InChI is InChI=1S/C20H16BrClN2O/c21-17-18(14-6-7-14)23-20(24-19(17)22)15-8-10-16(11-9-15)25-12-13-4-2-1-3-5-13/h1-5,8-11,14H,6-7,12H2. The van der Waals surface area contributed by atoms with Gasteiger partial charge in [0.25, 0.3) is 0 Å². The van der Waals surface area contributed by atoms with Crippen molar-refractivity contribution in [2.24, 2.45) is 0 Å². The second-order valence-corrected chi connectivity index (χ2v) is 7.26. The molecule has 3 aromatic rings. The van der Waals surface area contributed by atoms with E-state index >= 15 is 0 Å². The first-order valence-electron chi connectivity index (χ1n) is 8.21. The van der Waals surface area contributed by atoms with Crippen LogP contribution in [-0.4, -0.2) is 9.97 Å². The molecule has 0 atom stereocenters. The smallest absolute Gasteiger partial charge is 0.161 e. The molecule has 4 rings (SSSR count). The Kier molecular flexibility index (Phi) is 4.73. The average molecular weight is 416 g/mol. The summed E-state index contributed by atoms with van der Waals surface area (Å²) in [6, 6.07) is 17.9. The zero-order chi connectivity index (χ0) is 17.2. The van der Waals surface area contributed by atoms with Crippen molar-refractivity contribution in [2.75, 3.05) is 0 Å². The molecule has 0 amide bonds. The van der Waals surface area contributed by atoms with Crippen LogP contribution in [0.15, 0.2) is 59.1 Å². The van der Waals surface area contributed by atoms with E-state index < -0.39 is 0 Å². The lowest BCUT2D eigenvalue weighted by molar-refractivity contribution is 0.306. The molecule has 25 heavy (non-hydrogen) atoms. The van der Waals surface area contributed by atoms with E-state index in [1.165, 1.54) is 0 Å². The average Bonchev–Trinajstić information content (AvgIpc) is 3.48. The number of nitrogens with zero attached hydrogens (tertiary/aromatic N) is 2. The van der Waals surface area contributed by atoms with Gasteiger partial charge in [0.05, 0.1) is 10.2 Å². The van der Waals surface area contributed by atoms with Gasteiger partial charge < -0.3 is 4.74 Å². The minimum atomic E-state index is 0.469. The van der Waals surface area contributed by atoms with Gasteiger partial charge in [-0.05, 0) is 58.6 Å². The summed E-state index contributed by atoms with van der Waals surface area (Å²) in [5.74, 6) is 1.98. The summed E-state index contributed by atoms with van der Waals surface area (Å²) in [4.78, 5) is 9.11. The molecule has 1 aliphatic rings. The number of halogens is 2. The minimum Gasteiger partial charge on any atom is -0.489 e. The molecule has 1 aromatic heterocycles. The van der Waals surface area contributed by atoms with E-state index in [1.54, 1.807) is 0 Å². The van der Waals surface area contributed by atoms with Crippen LogP contribution in [0.3, 0.4) is 0 Å². The van der Waals surface area contributed by atoms with Crippen LogP contribution in [-0.2, 0) is 6.61 Å². The third-order valence-corrected chi connectivity index (χ3v) is 5.44. The third-order valence-electron chi connectivity index (χ3n) is 4.16. The van der Waals surface area contributed by atoms with Crippen molar-refractivity contribution in [3.8, 4) is 17.1 Å². The van der Waals surface area contributed by atoms with Crippen molar-refractivity contribution in [3.05, 3.63) is 75.5 Å². The molecule has 1 heterocycles. The Morgan fingerprint density at radius 1 is 1.00 bits per heavy atom. The largest absolute Gasteiger partial charge is 0.489 e. The van der Waals surface area contributed by atoms with Crippen molar-refractivity contribution < 1.29 is 4.74 Å². The number of rotatable bonds is 5. The first-order valence-corrected chi connectivity index (χ1v) is 9.38. The SMILES string of the molecule is Clc1nc(-c2ccc(OCc3ccccc3)cc2)nc(C2CC2)c1Br. The summed E-state index contributed by atoms with van der Waals surface area (Å²) >= 11 is 9.77. The summed E-state index contributed by atoms with van der Waals surface area (Å²) in [6.07, 6.45) is 2.33. The maximum atomic E-state index is 6.27. The number of hydrogen-bond acceptors (Lipinski definition) is 3. The molecule has 1 aliphatic carbocycles. The molecule has 1 fully saturated rings. The second kappa shape index (κ2) is 7.14. The Hall–Kier alpha value is -1.91. The first kappa shape index (κ1) is 16.6. The van der Waals surface area contributed by atoms with Crippen LogP contribution in [0.4, 0.5) is 0 Å². The van der Waals surface area contributed by atoms with Gasteiger partial charge in [0.15, 0.2) is 5.82 Å². The molecule has 0 spiro atoms. The zero-order valence-electron chi connectivity index (χ0n) is 13.5. The summed E-state index contributed by atoms with van der Waals surface area (Å²) < 4.78 is 6.65. The fourth-order valence-electron chi connectivity index (χ4n) is 2.63. The van der Waals surface area contributed by atoms with Crippen LogP contribution < -0.4 is 4.74 Å². The highest BCUT2D eigenvalue weighted by Crippen LogP contribution is 2.44. The van der Waals surface area contributed by atoms with Crippen LogP contribution in [0.2, 0.25) is 5.15 Å². The first-order chi connectivity index (χ1) is 12.2. The van der Waals surface area contributed by atoms with Gasteiger partial charge >= 0.3 is 0 Å². The van der Waals surface area contributed by atoms with Crippen LogP contribution in [0.5, 0.6) is 5.75 Å². The van der Waals surface area contributed by atoms with E-state index in [9.17, 15) is 0 Å². The van der Waals surface area contributed by atoms with Crippen LogP contribution >= 0.6 is 27.5 Å². The molecule has 5 heteroatoms. The summed E-state index contributed by atoms with van der Waals surface area (Å²) in [5.41, 5.74) is 3.09. The lowest BCUT2D eigenvalue weighted by Crippen LogP contribution is -1.98. The molecule has 1 saturated carbocycles. The van der Waals surface area contributed by atoms with Crippen LogP contribution in [0.25, 0.3) is 11.4 Å². The highest BCUT2D eigenvalue weighted by molar-refractivity contribution is 9.10. The Bertz CT molecular complexity index is 880. The van der Waals surface area contributed by atoms with Crippen molar-refractivity contribution in [3.63, 3.8) is 0 Å². The number of ether oxygens (including phenoxy) is 1. The normalized spacial score (nSPS) is 13.7. The fourth-order valence-corrected chi connectivity index (χ4v) is 3.31. The molecule has 0 bridgehead atoms. The quantitative estimate of drug-likeness (QED) is 0.478. The molecule has 0 N–H and O–H groups in total. The lowest BCUT2D eigenvalue weighted by Gasteiger charge is -2.09. The maximum absolute atomic E-state index is 6.27. The Balaban J connectivity index is 1.52. The van der Waals surface area contributed by atoms with E-state index in [0.29, 0.717) is 23.5 Å². The molecule has 0 aliphatic heterocycles. The Morgan fingerprint density at radius 3 is 2.40 bits per heavy atom. The van der Waals surface area contributed by atoms with E-state index in [-0.39, 0.29) is 0 Å². The van der Waals surface area contributed by atoms with E-state index in [2.05, 4.69) is 20.9 Å². The predicted octanol–water partition coefficient (Wildman–Crippen LogP) is 6.02. The summed E-state index contributed by atoms with van der Waals surface area (Å²) in [5, 5.41) is 0.469. The van der Waals surface area contributed by atoms with E-state index in [0.717, 1.165) is 39.9 Å². The third kappa shape index (κ3) is 3.86. The highest BCUT2D eigenvalue weighted by Gasteiger charge is 2.29. The lowest BCUT2D eigenvalue weighted by atomic mass is 10.2. The molecular formula is C20H16BrClN2O. The van der Waals surface area contributed by atoms with Gasteiger partial charge in [0.1, 0.15) is 17.5 Å². The molecule has 126 valence electrons. The fraction of sp³-hybridized carbons (Fsp3) is 0.200. The second-order valence-electron chi connectivity index (χ2n) is 6.11. The molecule has 0 saturated heterocycles. The van der Waals surface area contributed by atoms with Gasteiger partial charge in [-0.1, -0.05) is 41.9 Å². The van der Waals surface area contributed by atoms with Crippen LogP contribution in [0, 0.1) is 0 Å². The predicted molar refractivity (Wildman–Crippen MR) is 103 cm³/mol. The van der Waals surface area contributed by atoms with Crippen molar-refractivity contribution >= 4 is 27.5 Å². The van der Waals surface area contributed by atoms with Crippen molar-refractivity contribution in [2.45, 2.75) is 25.4 Å². The summed E-state index contributed by atoms with van der Waals surface area (Å²) in [6.45, 7) is 0.548. The molecule has 3 nitrogen and oxygen atoms in total. The van der Waals surface area contributed by atoms with Crippen molar-refractivity contribution in [1.82, 2.24) is 9.97 Å². The molecule has 0 radical (unpaired) electrons. The Morgan fingerprint density at radius 2 is 1.72 bits per heavy atom. The van der Waals surface area contributed by atoms with Crippen molar-refractivity contribution in [1.29, 1.82) is 0 Å². The van der Waals surface area contributed by atoms with Gasteiger partial charge in [-0.3, -0.25) is 0 Å². The number of benzene rings is 2. The molecule has 0 unspecified atom stereocenters. The maximum Gasteiger partial charge on any atom is 0.161 e. The Labute approximate surface area is 160 Å². The number of hydrogen-bond donors (Lipinski definition) is 0. The number of aromatic nitrogens is 2. The minimum absolute atomic E-state index is 0.469. The monoisotopic (exact) mass is 414 g/mol. The molecule has 2 aromatic carbocycles. The van der Waals surface area contributed by atoms with Gasteiger partial charge in [-0.15, -0.1) is 0 Å². The van der Waals surface area contributed by atoms with Crippen LogP contribution in [0.1, 0.15) is 30.0 Å².